The SMILES string of the molecule is CC(=O)CSc1nc2c(c(-c3ccccc3)c1C#N)CC(=O)CC2. The van der Waals surface area contributed by atoms with Crippen molar-refractivity contribution in [3.63, 3.8) is 0 Å². The standard InChI is InChI=1S/C19H16N2O2S/c1-12(22)11-24-19-16(10-20)18(13-5-3-2-4-6-13)15-9-14(23)7-8-17(15)21-19/h2-6H,7-9,11H2,1H3. The predicted molar refractivity (Wildman–Crippen MR) is 92.8 cm³/mol. The van der Waals surface area contributed by atoms with Crippen LogP contribution in [0.4, 0.5) is 0 Å². The number of hydrogen-bond acceptors (Lipinski definition) is 5. The zero-order valence-corrected chi connectivity index (χ0v) is 14.2. The van der Waals surface area contributed by atoms with Crippen molar-refractivity contribution in [1.29, 1.82) is 5.26 Å². The second kappa shape index (κ2) is 6.98. The first kappa shape index (κ1) is 16.4. The lowest BCUT2D eigenvalue weighted by molar-refractivity contribution is -0.118. The van der Waals surface area contributed by atoms with E-state index in [0.717, 1.165) is 22.4 Å². The van der Waals surface area contributed by atoms with Gasteiger partial charge in [0.1, 0.15) is 22.7 Å². The maximum atomic E-state index is 11.9. The number of hydrogen-bond donors (Lipinski definition) is 0. The van der Waals surface area contributed by atoms with Gasteiger partial charge in [-0.1, -0.05) is 42.1 Å². The Morgan fingerprint density at radius 3 is 2.71 bits per heavy atom. The number of aryl methyl sites for hydroxylation is 1. The molecule has 1 aromatic heterocycles. The zero-order chi connectivity index (χ0) is 17.1. The average molecular weight is 336 g/mol. The molecule has 3 rings (SSSR count). The van der Waals surface area contributed by atoms with Gasteiger partial charge in [-0.05, 0) is 24.5 Å². The molecular formula is C19H16N2O2S. The third kappa shape index (κ3) is 3.24. The number of thioether (sulfide) groups is 1. The van der Waals surface area contributed by atoms with Gasteiger partial charge in [0.25, 0.3) is 0 Å². The topological polar surface area (TPSA) is 70.8 Å². The molecule has 0 atom stereocenters. The summed E-state index contributed by atoms with van der Waals surface area (Å²) < 4.78 is 0. The van der Waals surface area contributed by atoms with Gasteiger partial charge in [-0.25, -0.2) is 4.98 Å². The van der Waals surface area contributed by atoms with Crippen LogP contribution in [0.1, 0.15) is 30.2 Å². The Kier molecular flexibility index (Phi) is 4.77. The van der Waals surface area contributed by atoms with Crippen LogP contribution in [0.25, 0.3) is 11.1 Å². The highest BCUT2D eigenvalue weighted by atomic mass is 32.2. The molecule has 0 saturated heterocycles. The fourth-order valence-electron chi connectivity index (χ4n) is 2.89. The lowest BCUT2D eigenvalue weighted by Crippen LogP contribution is -2.17. The lowest BCUT2D eigenvalue weighted by Gasteiger charge is -2.21. The third-order valence-electron chi connectivity index (χ3n) is 3.95. The van der Waals surface area contributed by atoms with Crippen molar-refractivity contribution in [2.24, 2.45) is 0 Å². The van der Waals surface area contributed by atoms with Crippen LogP contribution in [0.2, 0.25) is 0 Å². The average Bonchev–Trinajstić information content (AvgIpc) is 2.59. The molecule has 1 heterocycles. The Hall–Kier alpha value is -2.45. The smallest absolute Gasteiger partial charge is 0.140 e. The number of nitrogens with zero attached hydrogens (tertiary/aromatic N) is 2. The van der Waals surface area contributed by atoms with Crippen molar-refractivity contribution >= 4 is 23.3 Å². The number of aromatic nitrogens is 1. The van der Waals surface area contributed by atoms with Gasteiger partial charge in [-0.2, -0.15) is 5.26 Å². The maximum Gasteiger partial charge on any atom is 0.140 e. The van der Waals surface area contributed by atoms with Gasteiger partial charge in [-0.3, -0.25) is 9.59 Å². The number of ketones is 2. The van der Waals surface area contributed by atoms with E-state index in [4.69, 9.17) is 0 Å². The minimum atomic E-state index is 0.0415. The monoisotopic (exact) mass is 336 g/mol. The summed E-state index contributed by atoms with van der Waals surface area (Å²) in [6, 6.07) is 11.9. The Balaban J connectivity index is 2.23. The van der Waals surface area contributed by atoms with Gasteiger partial charge in [0, 0.05) is 24.1 Å². The van der Waals surface area contributed by atoms with E-state index < -0.39 is 0 Å². The molecule has 0 spiro atoms. The zero-order valence-electron chi connectivity index (χ0n) is 13.3. The van der Waals surface area contributed by atoms with Crippen molar-refractivity contribution in [3.8, 4) is 17.2 Å². The van der Waals surface area contributed by atoms with Crippen molar-refractivity contribution < 1.29 is 9.59 Å². The minimum absolute atomic E-state index is 0.0415. The fourth-order valence-corrected chi connectivity index (χ4v) is 3.70. The molecule has 2 aromatic rings. The summed E-state index contributed by atoms with van der Waals surface area (Å²) in [5.41, 5.74) is 3.90. The fraction of sp³-hybridized carbons (Fsp3) is 0.263. The highest BCUT2D eigenvalue weighted by Crippen LogP contribution is 2.37. The molecule has 4 nitrogen and oxygen atoms in total. The van der Waals surface area contributed by atoms with Crippen LogP contribution in [0.15, 0.2) is 35.4 Å². The Bertz CT molecular complexity index is 854. The van der Waals surface area contributed by atoms with Gasteiger partial charge in [0.2, 0.25) is 0 Å². The van der Waals surface area contributed by atoms with E-state index in [0.29, 0.717) is 29.9 Å². The number of Topliss-reactive ketones (excluding diaryl/α,β-unsaturated/α-hetero) is 2. The number of benzene rings is 1. The normalized spacial score (nSPS) is 13.2. The molecule has 0 fully saturated rings. The Morgan fingerprint density at radius 1 is 1.29 bits per heavy atom. The first-order valence-electron chi connectivity index (χ1n) is 7.75. The van der Waals surface area contributed by atoms with Crippen LogP contribution in [0.5, 0.6) is 0 Å². The Labute approximate surface area is 144 Å². The van der Waals surface area contributed by atoms with E-state index in [1.54, 1.807) is 0 Å². The molecule has 0 saturated carbocycles. The van der Waals surface area contributed by atoms with Crippen LogP contribution < -0.4 is 0 Å². The van der Waals surface area contributed by atoms with Crippen molar-refractivity contribution in [2.45, 2.75) is 31.2 Å². The van der Waals surface area contributed by atoms with Gasteiger partial charge in [0.15, 0.2) is 0 Å². The van der Waals surface area contributed by atoms with Crippen molar-refractivity contribution in [3.05, 3.63) is 47.2 Å². The molecule has 0 bridgehead atoms. The highest BCUT2D eigenvalue weighted by molar-refractivity contribution is 8.00. The summed E-state index contributed by atoms with van der Waals surface area (Å²) in [4.78, 5) is 27.9. The first-order valence-corrected chi connectivity index (χ1v) is 8.74. The van der Waals surface area contributed by atoms with E-state index in [1.165, 1.54) is 18.7 Å². The predicted octanol–water partition coefficient (Wildman–Crippen LogP) is 3.36. The molecule has 0 aliphatic heterocycles. The van der Waals surface area contributed by atoms with Gasteiger partial charge in [-0.15, -0.1) is 0 Å². The molecular weight excluding hydrogens is 320 g/mol. The number of nitriles is 1. The molecule has 24 heavy (non-hydrogen) atoms. The van der Waals surface area contributed by atoms with E-state index in [-0.39, 0.29) is 17.3 Å². The summed E-state index contributed by atoms with van der Waals surface area (Å²) in [6.45, 7) is 1.52. The van der Waals surface area contributed by atoms with Gasteiger partial charge >= 0.3 is 0 Å². The van der Waals surface area contributed by atoms with Crippen LogP contribution in [-0.4, -0.2) is 22.3 Å². The van der Waals surface area contributed by atoms with Crippen LogP contribution in [-0.2, 0) is 22.4 Å². The number of carbonyl (C=O) groups is 2. The van der Waals surface area contributed by atoms with Gasteiger partial charge in [0.05, 0.1) is 11.3 Å². The quantitative estimate of drug-likeness (QED) is 0.801. The molecule has 120 valence electrons. The number of fused-ring (bicyclic) bond motifs is 1. The number of rotatable bonds is 4. The molecule has 0 radical (unpaired) electrons. The van der Waals surface area contributed by atoms with Crippen LogP contribution in [0, 0.1) is 11.3 Å². The van der Waals surface area contributed by atoms with Crippen LogP contribution in [0.3, 0.4) is 0 Å². The maximum absolute atomic E-state index is 11.9. The van der Waals surface area contributed by atoms with Crippen LogP contribution >= 0.6 is 11.8 Å². The van der Waals surface area contributed by atoms with E-state index in [9.17, 15) is 14.9 Å². The second-order valence-electron chi connectivity index (χ2n) is 5.78. The molecule has 1 aromatic carbocycles. The first-order chi connectivity index (χ1) is 11.6. The van der Waals surface area contributed by atoms with Crippen molar-refractivity contribution in [2.75, 3.05) is 5.75 Å². The largest absolute Gasteiger partial charge is 0.299 e. The third-order valence-corrected chi connectivity index (χ3v) is 5.07. The summed E-state index contributed by atoms with van der Waals surface area (Å²) in [5, 5.41) is 10.3. The molecule has 0 N–H and O–H groups in total. The highest BCUT2D eigenvalue weighted by Gasteiger charge is 2.26. The summed E-state index contributed by atoms with van der Waals surface area (Å²) in [7, 11) is 0. The second-order valence-corrected chi connectivity index (χ2v) is 6.74. The Morgan fingerprint density at radius 2 is 2.04 bits per heavy atom. The van der Waals surface area contributed by atoms with E-state index >= 15 is 0 Å². The number of carbonyl (C=O) groups excluding carboxylic acids is 2. The molecule has 5 heteroatoms. The molecule has 0 unspecified atom stereocenters. The van der Waals surface area contributed by atoms with E-state index in [1.807, 2.05) is 30.3 Å². The summed E-state index contributed by atoms with van der Waals surface area (Å²) >= 11 is 1.29. The number of pyridine rings is 1. The van der Waals surface area contributed by atoms with Crippen molar-refractivity contribution in [1.82, 2.24) is 4.98 Å². The molecule has 1 aliphatic carbocycles. The summed E-state index contributed by atoms with van der Waals surface area (Å²) in [5.74, 6) is 0.502. The summed E-state index contributed by atoms with van der Waals surface area (Å²) in [6.07, 6.45) is 1.39. The van der Waals surface area contributed by atoms with E-state index in [2.05, 4.69) is 11.1 Å². The lowest BCUT2D eigenvalue weighted by atomic mass is 9.86. The molecule has 1 aliphatic rings. The molecule has 0 amide bonds. The van der Waals surface area contributed by atoms with Gasteiger partial charge < -0.3 is 0 Å². The minimum Gasteiger partial charge on any atom is -0.299 e.